The molecule has 0 saturated heterocycles. The van der Waals surface area contributed by atoms with Gasteiger partial charge in [-0.2, -0.15) is 4.98 Å². The number of nitrogens with zero attached hydrogens (tertiary/aromatic N) is 4. The number of nitrogens with one attached hydrogen (secondary N) is 2. The van der Waals surface area contributed by atoms with Crippen molar-refractivity contribution in [1.82, 2.24) is 19.9 Å². The molecule has 0 aliphatic heterocycles. The number of hydrogen-bond donors (Lipinski definition) is 4. The third-order valence-corrected chi connectivity index (χ3v) is 9.84. The van der Waals surface area contributed by atoms with Crippen molar-refractivity contribution in [3.63, 3.8) is 0 Å². The Balaban J connectivity index is 1.38. The Kier molecular flexibility index (Phi) is 7.77. The maximum absolute atomic E-state index is 14.3. The van der Waals surface area contributed by atoms with Gasteiger partial charge in [0.15, 0.2) is 0 Å². The molecule has 6 rings (SSSR count). The number of anilines is 2. The number of benzene rings is 1. The van der Waals surface area contributed by atoms with Gasteiger partial charge >= 0.3 is 0 Å². The van der Waals surface area contributed by atoms with E-state index in [-0.39, 0.29) is 30.5 Å². The van der Waals surface area contributed by atoms with Crippen molar-refractivity contribution in [2.45, 2.75) is 56.9 Å². The zero-order valence-corrected chi connectivity index (χ0v) is 24.8. The molecule has 1 aromatic carbocycles. The maximum atomic E-state index is 14.3. The molecule has 0 unspecified atom stereocenters. The second kappa shape index (κ2) is 11.3. The Morgan fingerprint density at radius 1 is 1.07 bits per heavy atom. The smallest absolute Gasteiger partial charge is 0.225 e. The highest BCUT2D eigenvalue weighted by Gasteiger charge is 2.43. The van der Waals surface area contributed by atoms with Crippen LogP contribution in [0.15, 0.2) is 24.4 Å². The van der Waals surface area contributed by atoms with Crippen molar-refractivity contribution < 1.29 is 31.8 Å². The standard InChI is InChI=1S/C28H29F3N6O4S2/c1-12-21(27-36-23-20(42-27)5-6-32-22(23)13-3-4-13)26(35-19-7-14(11-43(2,40)41)24(38)25(19)39)37-28(34-12)33-10-16-17(30)8-15(29)9-18(16)31/h5-6,8-9,13-14,19,24-25,38-39H,3-4,7,10-11H2,1-2H3,(H2,33,34,35,37)/t14-,19-,24-,25+/m1/s1. The van der Waals surface area contributed by atoms with Crippen LogP contribution in [0.4, 0.5) is 24.9 Å². The van der Waals surface area contributed by atoms with E-state index in [1.807, 2.05) is 6.07 Å². The number of pyridine rings is 1. The van der Waals surface area contributed by atoms with Crippen LogP contribution < -0.4 is 10.6 Å². The summed E-state index contributed by atoms with van der Waals surface area (Å²) in [5, 5.41) is 28.0. The highest BCUT2D eigenvalue weighted by molar-refractivity contribution is 7.90. The van der Waals surface area contributed by atoms with Crippen molar-refractivity contribution in [1.29, 1.82) is 0 Å². The van der Waals surface area contributed by atoms with Gasteiger partial charge in [-0.15, -0.1) is 11.3 Å². The molecule has 2 saturated carbocycles. The van der Waals surface area contributed by atoms with Gasteiger partial charge < -0.3 is 20.8 Å². The quantitative estimate of drug-likeness (QED) is 0.213. The van der Waals surface area contributed by atoms with E-state index >= 15 is 0 Å². The van der Waals surface area contributed by atoms with Crippen molar-refractivity contribution in [3.05, 3.63) is 58.8 Å². The Bertz CT molecular complexity index is 1790. The summed E-state index contributed by atoms with van der Waals surface area (Å²) >= 11 is 1.41. The van der Waals surface area contributed by atoms with Crippen LogP contribution in [0, 0.1) is 30.3 Å². The minimum Gasteiger partial charge on any atom is -0.390 e. The first-order valence-electron chi connectivity index (χ1n) is 13.7. The fourth-order valence-corrected chi connectivity index (χ4v) is 7.73. The van der Waals surface area contributed by atoms with Gasteiger partial charge in [0.2, 0.25) is 5.95 Å². The topological polar surface area (TPSA) is 150 Å². The minimum absolute atomic E-state index is 0.00552. The molecule has 228 valence electrons. The molecule has 2 fully saturated rings. The Morgan fingerprint density at radius 3 is 2.47 bits per heavy atom. The van der Waals surface area contributed by atoms with Crippen LogP contribution in [0.25, 0.3) is 20.8 Å². The number of fused-ring (bicyclic) bond motifs is 1. The third kappa shape index (κ3) is 6.16. The predicted molar refractivity (Wildman–Crippen MR) is 156 cm³/mol. The number of aryl methyl sites for hydroxylation is 1. The van der Waals surface area contributed by atoms with E-state index in [0.717, 1.165) is 35.0 Å². The maximum Gasteiger partial charge on any atom is 0.225 e. The monoisotopic (exact) mass is 634 g/mol. The highest BCUT2D eigenvalue weighted by atomic mass is 32.2. The number of sulfone groups is 1. The molecule has 0 spiro atoms. The number of aromatic nitrogens is 4. The van der Waals surface area contributed by atoms with Crippen LogP contribution in [-0.2, 0) is 16.4 Å². The summed E-state index contributed by atoms with van der Waals surface area (Å²) in [6.45, 7) is 1.33. The highest BCUT2D eigenvalue weighted by Crippen LogP contribution is 2.44. The van der Waals surface area contributed by atoms with Crippen LogP contribution >= 0.6 is 11.3 Å². The summed E-state index contributed by atoms with van der Waals surface area (Å²) < 4.78 is 66.7. The Morgan fingerprint density at radius 2 is 1.79 bits per heavy atom. The predicted octanol–water partition coefficient (Wildman–Crippen LogP) is 3.93. The second-order valence-corrected chi connectivity index (χ2v) is 14.4. The van der Waals surface area contributed by atoms with Crippen molar-refractivity contribution in [3.8, 4) is 10.6 Å². The molecule has 3 heterocycles. The first-order valence-corrected chi connectivity index (χ1v) is 16.6. The Hall–Kier alpha value is -3.40. The number of aliphatic hydroxyl groups excluding tert-OH is 2. The van der Waals surface area contributed by atoms with E-state index in [9.17, 15) is 31.8 Å². The van der Waals surface area contributed by atoms with Crippen molar-refractivity contribution >= 4 is 43.2 Å². The molecular formula is C28H29F3N6O4S2. The molecule has 2 aliphatic rings. The summed E-state index contributed by atoms with van der Waals surface area (Å²) in [5.74, 6) is -3.59. The minimum atomic E-state index is -3.42. The summed E-state index contributed by atoms with van der Waals surface area (Å²) in [4.78, 5) is 18.5. The van der Waals surface area contributed by atoms with Gasteiger partial charge in [0.05, 0.1) is 39.5 Å². The molecule has 4 aromatic rings. The largest absolute Gasteiger partial charge is 0.390 e. The zero-order chi connectivity index (χ0) is 30.6. The van der Waals surface area contributed by atoms with Crippen molar-refractivity contribution in [2.24, 2.45) is 5.92 Å². The summed E-state index contributed by atoms with van der Waals surface area (Å²) in [6.07, 6.45) is 2.47. The lowest BCUT2D eigenvalue weighted by Gasteiger charge is -2.21. The lowest BCUT2D eigenvalue weighted by molar-refractivity contribution is 0.0216. The van der Waals surface area contributed by atoms with Crippen LogP contribution in [-0.4, -0.2) is 68.8 Å². The van der Waals surface area contributed by atoms with E-state index in [4.69, 9.17) is 4.98 Å². The van der Waals surface area contributed by atoms with Crippen molar-refractivity contribution in [2.75, 3.05) is 22.6 Å². The normalized spacial score (nSPS) is 22.3. The number of aliphatic hydroxyl groups is 2. The first kappa shape index (κ1) is 29.7. The van der Waals surface area contributed by atoms with Gasteiger partial charge in [-0.3, -0.25) is 4.98 Å². The van der Waals surface area contributed by atoms with Crippen LogP contribution in [0.1, 0.15) is 42.1 Å². The average Bonchev–Trinajstić information content (AvgIpc) is 3.62. The van der Waals surface area contributed by atoms with E-state index in [0.29, 0.717) is 34.3 Å². The number of hydrogen-bond acceptors (Lipinski definition) is 11. The summed E-state index contributed by atoms with van der Waals surface area (Å²) in [6, 6.07) is 2.27. The van der Waals surface area contributed by atoms with E-state index in [2.05, 4.69) is 25.6 Å². The third-order valence-electron chi connectivity index (χ3n) is 7.77. The van der Waals surface area contributed by atoms with E-state index in [1.165, 1.54) is 11.3 Å². The summed E-state index contributed by atoms with van der Waals surface area (Å²) in [5.41, 5.74) is 2.28. The van der Waals surface area contributed by atoms with Crippen LogP contribution in [0.5, 0.6) is 0 Å². The molecule has 2 aliphatic carbocycles. The molecule has 15 heteroatoms. The number of halogens is 3. The number of thiazole rings is 1. The Labute approximate surface area is 249 Å². The van der Waals surface area contributed by atoms with Crippen LogP contribution in [0.3, 0.4) is 0 Å². The molecule has 0 amide bonds. The molecule has 0 bridgehead atoms. The van der Waals surface area contributed by atoms with Gasteiger partial charge in [0, 0.05) is 48.5 Å². The van der Waals surface area contributed by atoms with Gasteiger partial charge in [0.1, 0.15) is 49.7 Å². The van der Waals surface area contributed by atoms with Gasteiger partial charge in [-0.25, -0.2) is 31.6 Å². The molecule has 43 heavy (non-hydrogen) atoms. The molecule has 3 aromatic heterocycles. The fourth-order valence-electron chi connectivity index (χ4n) is 5.56. The second-order valence-electron chi connectivity index (χ2n) is 11.2. The molecule has 0 radical (unpaired) electrons. The molecule has 4 atom stereocenters. The SMILES string of the molecule is Cc1nc(NCc2c(F)cc(F)cc2F)nc(N[C@@H]2C[C@H](CS(C)(=O)=O)[C@@H](O)[C@H]2O)c1-c1nc2c(C3CC3)nccc2s1. The van der Waals surface area contributed by atoms with E-state index in [1.54, 1.807) is 13.1 Å². The molecule has 4 N–H and O–H groups in total. The van der Waals surface area contributed by atoms with E-state index < -0.39 is 57.0 Å². The lowest BCUT2D eigenvalue weighted by Crippen LogP contribution is -2.36. The molecule has 10 nitrogen and oxygen atoms in total. The van der Waals surface area contributed by atoms with Gasteiger partial charge in [-0.1, -0.05) is 0 Å². The molecular weight excluding hydrogens is 605 g/mol. The van der Waals surface area contributed by atoms with Gasteiger partial charge in [-0.05, 0) is 32.3 Å². The van der Waals surface area contributed by atoms with Gasteiger partial charge in [0.25, 0.3) is 0 Å². The fraction of sp³-hybridized carbons (Fsp3) is 0.429. The average molecular weight is 635 g/mol. The van der Waals surface area contributed by atoms with Crippen LogP contribution in [0.2, 0.25) is 0 Å². The number of rotatable bonds is 9. The zero-order valence-electron chi connectivity index (χ0n) is 23.2. The summed E-state index contributed by atoms with van der Waals surface area (Å²) in [7, 11) is -3.42. The first-order chi connectivity index (χ1) is 20.4. The lowest BCUT2D eigenvalue weighted by atomic mass is 10.1.